The van der Waals surface area contributed by atoms with Crippen LogP contribution in [0.2, 0.25) is 0 Å². The Hall–Kier alpha value is -3.43. The molecule has 2 heterocycles. The molecule has 0 radical (unpaired) electrons. The average molecular weight is 487 g/mol. The normalized spacial score (nSPS) is 16.4. The van der Waals surface area contributed by atoms with Crippen LogP contribution in [0.25, 0.3) is 0 Å². The van der Waals surface area contributed by atoms with E-state index in [1.807, 2.05) is 0 Å². The number of rotatable bonds is 6. The number of carbonyl (C=O) groups excluding carboxylic acids is 5. The number of imide groups is 1. The molecular formula is C25H34N4O6. The van der Waals surface area contributed by atoms with Gasteiger partial charge in [0.05, 0.1) is 17.7 Å². The molecule has 190 valence electrons. The molecule has 0 aliphatic carbocycles. The number of ether oxygens (including phenoxy) is 1. The van der Waals surface area contributed by atoms with Crippen molar-refractivity contribution in [2.24, 2.45) is 5.92 Å². The van der Waals surface area contributed by atoms with Gasteiger partial charge in [0.15, 0.2) is 0 Å². The van der Waals surface area contributed by atoms with Crippen molar-refractivity contribution in [1.82, 2.24) is 20.4 Å². The molecule has 10 nitrogen and oxygen atoms in total. The zero-order chi connectivity index (χ0) is 25.9. The maximum atomic E-state index is 13.0. The number of hydrogen-bond donors (Lipinski definition) is 2. The van der Waals surface area contributed by atoms with Gasteiger partial charge < -0.3 is 20.3 Å². The van der Waals surface area contributed by atoms with Crippen LogP contribution in [0, 0.1) is 5.92 Å². The lowest BCUT2D eigenvalue weighted by Gasteiger charge is -2.32. The first kappa shape index (κ1) is 26.2. The second kappa shape index (κ2) is 10.5. The van der Waals surface area contributed by atoms with Gasteiger partial charge in [-0.05, 0) is 71.6 Å². The van der Waals surface area contributed by atoms with Crippen LogP contribution in [-0.2, 0) is 9.53 Å². The van der Waals surface area contributed by atoms with Crippen LogP contribution in [0.15, 0.2) is 18.2 Å². The first-order valence-electron chi connectivity index (χ1n) is 11.9. The van der Waals surface area contributed by atoms with E-state index in [9.17, 15) is 24.0 Å². The van der Waals surface area contributed by atoms with Crippen LogP contribution in [0.4, 0.5) is 4.79 Å². The lowest BCUT2D eigenvalue weighted by molar-refractivity contribution is -0.120. The summed E-state index contributed by atoms with van der Waals surface area (Å²) in [4.78, 5) is 64.7. The fourth-order valence-corrected chi connectivity index (χ4v) is 4.17. The standard InChI is InChI=1S/C25H34N4O6/c1-15(2)29-22(32)18-7-6-17(12-19(18)23(29)33)21(31)28-10-8-16(9-11-28)13-26-20(30)14-27-24(34)35-25(3,4)5/h6-7,12,15-16H,8-11,13-14H2,1-5H3,(H,26,30)(H,27,34). The van der Waals surface area contributed by atoms with Gasteiger partial charge in [-0.3, -0.25) is 24.1 Å². The van der Waals surface area contributed by atoms with E-state index in [0.29, 0.717) is 30.8 Å². The van der Waals surface area contributed by atoms with Gasteiger partial charge in [-0.1, -0.05) is 0 Å². The van der Waals surface area contributed by atoms with Crippen molar-refractivity contribution < 1.29 is 28.7 Å². The quantitative estimate of drug-likeness (QED) is 0.594. The summed E-state index contributed by atoms with van der Waals surface area (Å²) in [5, 5.41) is 5.24. The number of likely N-dealkylation sites (tertiary alicyclic amines) is 1. The number of alkyl carbamates (subject to hydrolysis) is 1. The molecule has 0 unspecified atom stereocenters. The molecule has 10 heteroatoms. The van der Waals surface area contributed by atoms with Crippen molar-refractivity contribution >= 4 is 29.7 Å². The molecule has 5 amide bonds. The number of benzene rings is 1. The molecule has 2 aliphatic rings. The lowest BCUT2D eigenvalue weighted by Crippen LogP contribution is -2.44. The fraction of sp³-hybridized carbons (Fsp3) is 0.560. The van der Waals surface area contributed by atoms with Crippen molar-refractivity contribution in [3.05, 3.63) is 34.9 Å². The summed E-state index contributed by atoms with van der Waals surface area (Å²) in [5.74, 6) is -0.973. The lowest BCUT2D eigenvalue weighted by atomic mass is 9.96. The third-order valence-electron chi connectivity index (χ3n) is 5.96. The van der Waals surface area contributed by atoms with Crippen LogP contribution < -0.4 is 10.6 Å². The Kier molecular flexibility index (Phi) is 7.82. The molecule has 1 aromatic rings. The number of fused-ring (bicyclic) bond motifs is 1. The van der Waals surface area contributed by atoms with E-state index in [-0.39, 0.29) is 47.7 Å². The summed E-state index contributed by atoms with van der Waals surface area (Å²) in [6, 6.07) is 4.41. The second-order valence-corrected chi connectivity index (χ2v) is 10.2. The highest BCUT2D eigenvalue weighted by Crippen LogP contribution is 2.27. The minimum absolute atomic E-state index is 0.167. The largest absolute Gasteiger partial charge is 0.444 e. The van der Waals surface area contributed by atoms with Crippen molar-refractivity contribution in [2.45, 2.75) is 59.1 Å². The molecule has 3 rings (SSSR count). The molecule has 35 heavy (non-hydrogen) atoms. The Morgan fingerprint density at radius 3 is 2.26 bits per heavy atom. The highest BCUT2D eigenvalue weighted by atomic mass is 16.6. The monoisotopic (exact) mass is 486 g/mol. The van der Waals surface area contributed by atoms with Gasteiger partial charge in [0.1, 0.15) is 5.60 Å². The SMILES string of the molecule is CC(C)N1C(=O)c2ccc(C(=O)N3CCC(CNC(=O)CNC(=O)OC(C)(C)C)CC3)cc2C1=O. The zero-order valence-corrected chi connectivity index (χ0v) is 21.0. The van der Waals surface area contributed by atoms with Crippen LogP contribution in [-0.4, -0.2) is 77.3 Å². The van der Waals surface area contributed by atoms with E-state index < -0.39 is 11.7 Å². The van der Waals surface area contributed by atoms with Crippen LogP contribution >= 0.6 is 0 Å². The van der Waals surface area contributed by atoms with Crippen LogP contribution in [0.5, 0.6) is 0 Å². The first-order chi connectivity index (χ1) is 16.4. The highest BCUT2D eigenvalue weighted by Gasteiger charge is 2.38. The van der Waals surface area contributed by atoms with E-state index in [1.165, 1.54) is 11.0 Å². The third-order valence-corrected chi connectivity index (χ3v) is 5.96. The van der Waals surface area contributed by atoms with E-state index >= 15 is 0 Å². The molecule has 2 N–H and O–H groups in total. The number of carbonyl (C=O) groups is 5. The van der Waals surface area contributed by atoms with E-state index in [4.69, 9.17) is 4.74 Å². The van der Waals surface area contributed by atoms with Crippen LogP contribution in [0.1, 0.15) is 78.5 Å². The zero-order valence-electron chi connectivity index (χ0n) is 21.0. The fourth-order valence-electron chi connectivity index (χ4n) is 4.17. The Morgan fingerprint density at radius 1 is 1.03 bits per heavy atom. The molecule has 1 fully saturated rings. The maximum Gasteiger partial charge on any atom is 0.408 e. The van der Waals surface area contributed by atoms with Gasteiger partial charge in [0.25, 0.3) is 17.7 Å². The second-order valence-electron chi connectivity index (χ2n) is 10.2. The van der Waals surface area contributed by atoms with E-state index in [1.54, 1.807) is 51.7 Å². The van der Waals surface area contributed by atoms with Crippen molar-refractivity contribution in [1.29, 1.82) is 0 Å². The molecule has 2 aliphatic heterocycles. The predicted octanol–water partition coefficient (Wildman–Crippen LogP) is 2.18. The molecule has 0 bridgehead atoms. The number of piperidine rings is 1. The predicted molar refractivity (Wildman–Crippen MR) is 128 cm³/mol. The topological polar surface area (TPSA) is 125 Å². The van der Waals surface area contributed by atoms with Gasteiger partial charge in [0.2, 0.25) is 5.91 Å². The van der Waals surface area contributed by atoms with Crippen molar-refractivity contribution in [2.75, 3.05) is 26.2 Å². The summed E-state index contributed by atoms with van der Waals surface area (Å²) < 4.78 is 5.10. The number of hydrogen-bond acceptors (Lipinski definition) is 6. The third kappa shape index (κ3) is 6.37. The molecule has 0 atom stereocenters. The summed E-state index contributed by atoms with van der Waals surface area (Å²) in [5.41, 5.74) is 0.353. The Bertz CT molecular complexity index is 1020. The summed E-state index contributed by atoms with van der Waals surface area (Å²) in [6.07, 6.45) is 0.790. The van der Waals surface area contributed by atoms with Gasteiger partial charge >= 0.3 is 6.09 Å². The Labute approximate surface area is 205 Å². The van der Waals surface area contributed by atoms with Gasteiger partial charge in [-0.2, -0.15) is 0 Å². The van der Waals surface area contributed by atoms with Crippen molar-refractivity contribution in [3.63, 3.8) is 0 Å². The molecule has 0 aromatic heterocycles. The summed E-state index contributed by atoms with van der Waals surface area (Å²) >= 11 is 0. The highest BCUT2D eigenvalue weighted by molar-refractivity contribution is 6.22. The maximum absolute atomic E-state index is 13.0. The van der Waals surface area contributed by atoms with Gasteiger partial charge in [-0.15, -0.1) is 0 Å². The van der Waals surface area contributed by atoms with Gasteiger partial charge in [-0.25, -0.2) is 4.79 Å². The Morgan fingerprint density at radius 2 is 1.66 bits per heavy atom. The van der Waals surface area contributed by atoms with E-state index in [2.05, 4.69) is 10.6 Å². The summed E-state index contributed by atoms with van der Waals surface area (Å²) in [7, 11) is 0. The van der Waals surface area contributed by atoms with Gasteiger partial charge in [0, 0.05) is 31.2 Å². The first-order valence-corrected chi connectivity index (χ1v) is 11.9. The molecular weight excluding hydrogens is 452 g/mol. The minimum atomic E-state index is -0.644. The van der Waals surface area contributed by atoms with E-state index in [0.717, 1.165) is 12.8 Å². The smallest absolute Gasteiger partial charge is 0.408 e. The minimum Gasteiger partial charge on any atom is -0.444 e. The van der Waals surface area contributed by atoms with Crippen LogP contribution in [0.3, 0.4) is 0 Å². The summed E-state index contributed by atoms with van der Waals surface area (Å²) in [6.45, 7) is 10.1. The molecule has 1 saturated heterocycles. The van der Waals surface area contributed by atoms with Crippen molar-refractivity contribution in [3.8, 4) is 0 Å². The average Bonchev–Trinajstić information content (AvgIpc) is 3.04. The molecule has 1 aromatic carbocycles. The number of amides is 5. The Balaban J connectivity index is 1.46. The number of nitrogens with one attached hydrogen (secondary N) is 2. The molecule has 0 spiro atoms. The molecule has 0 saturated carbocycles. The number of nitrogens with zero attached hydrogens (tertiary/aromatic N) is 2.